The van der Waals surface area contributed by atoms with E-state index >= 15 is 0 Å². The van der Waals surface area contributed by atoms with Crippen molar-refractivity contribution >= 4 is 50.4 Å². The number of pyridine rings is 7. The molecule has 0 aliphatic rings. The number of halogens is 2. The quantitative estimate of drug-likeness (QED) is 0.0310. The van der Waals surface area contributed by atoms with Gasteiger partial charge in [0.15, 0.2) is 28.8 Å². The van der Waals surface area contributed by atoms with Crippen molar-refractivity contribution in [3.8, 4) is 119 Å². The molecule has 0 saturated heterocycles. The normalized spacial score (nSPS) is 10.0. The maximum absolute atomic E-state index is 13.2. The number of fused-ring (bicyclic) bond motifs is 3. The summed E-state index contributed by atoms with van der Waals surface area (Å²) in [6.45, 7) is 5.70. The smallest absolute Gasteiger partial charge is 0.354 e. The molecule has 0 bridgehead atoms. The number of allylic oxidation sites excluding steroid dienone is 4. The molecule has 12 aromatic carbocycles. The first-order valence-corrected chi connectivity index (χ1v) is 43.5. The van der Waals surface area contributed by atoms with E-state index in [0.29, 0.717) is 34.3 Å². The van der Waals surface area contributed by atoms with E-state index in [0.717, 1.165) is 96.4 Å². The number of rotatable bonds is 13. The van der Waals surface area contributed by atoms with Gasteiger partial charge in [-0.1, -0.05) is 212 Å². The molecule has 144 heavy (non-hydrogen) atoms. The Balaban J connectivity index is 0.000000221. The van der Waals surface area contributed by atoms with Crippen molar-refractivity contribution in [3.05, 3.63) is 509 Å². The molecule has 19 nitrogen and oxygen atoms in total. The third-order valence-corrected chi connectivity index (χ3v) is 19.4. The molecule has 9 heterocycles. The zero-order valence-electron chi connectivity index (χ0n) is 77.5. The number of phenolic OH excluding ortho intramolecular Hbond substituents is 2. The van der Waals surface area contributed by atoms with Crippen molar-refractivity contribution in [2.45, 2.75) is 27.7 Å². The average molecular weight is 2350 g/mol. The Bertz CT molecular complexity index is 7260. The van der Waals surface area contributed by atoms with Crippen LogP contribution in [0.1, 0.15) is 38.2 Å². The second-order valence-corrected chi connectivity index (χ2v) is 29.8. The fourth-order valence-electron chi connectivity index (χ4n) is 13.3. The molecular weight excluding hydrogens is 2250 g/mol. The van der Waals surface area contributed by atoms with Crippen LogP contribution in [0.25, 0.3) is 140 Å². The first-order valence-electron chi connectivity index (χ1n) is 43.5. The van der Waals surface area contributed by atoms with E-state index in [4.69, 9.17) is 19.7 Å². The second kappa shape index (κ2) is 61.8. The van der Waals surface area contributed by atoms with Gasteiger partial charge >= 0.3 is 5.97 Å². The maximum atomic E-state index is 13.2. The predicted octanol–water partition coefficient (Wildman–Crippen LogP) is 27.3. The number of imidazole rings is 1. The minimum Gasteiger partial charge on any atom is -0.512 e. The minimum atomic E-state index is -0.990. The van der Waals surface area contributed by atoms with Crippen LogP contribution < -0.4 is 0 Å². The summed E-state index contributed by atoms with van der Waals surface area (Å²) in [7, 11) is 0. The number of aliphatic hydroxyl groups is 2. The number of benzene rings is 12. The van der Waals surface area contributed by atoms with Gasteiger partial charge < -0.3 is 49.9 Å². The molecule has 5 N–H and O–H groups in total. The number of aromatic carboxylic acids is 1. The third kappa shape index (κ3) is 35.8. The van der Waals surface area contributed by atoms with Crippen LogP contribution in [0, 0.1) is 42.0 Å². The van der Waals surface area contributed by atoms with Gasteiger partial charge in [0.05, 0.1) is 28.2 Å². The number of carboxylic acid groups (broad SMARTS) is 1. The molecule has 0 atom stereocenters. The van der Waals surface area contributed by atoms with Crippen molar-refractivity contribution in [2.24, 2.45) is 0 Å². The van der Waals surface area contributed by atoms with Gasteiger partial charge in [-0.15, -0.1) is 156 Å². The SMILES string of the molecule is CC(=O)C=C(C)O.CC(=O)C=C(C)O.Fc1c[c-]c(-c2ccccn2)c(F)c1.O=C(O)c1ccccn1.Oc1ccccc1-c1nc(-c2ccccc2)c(-c2ccccc2)o1.Oc1ccccc1-c1nc2cccnc2n1-c1ccccc1.[Rh].[Rh].[Rh].[Rh].[Rh].[c-]1ccccc1-c1ccc2ccccc2n1.[c-]1ccccc1-c1ccccn1.[c-]1ccccc1-c1ccccn1.[c-]1ccccc1-c1nccc2ccccc12. The van der Waals surface area contributed by atoms with Gasteiger partial charge in [0.2, 0.25) is 5.89 Å². The number of para-hydroxylation sites is 4. The van der Waals surface area contributed by atoms with E-state index in [2.05, 4.69) is 99.5 Å². The summed E-state index contributed by atoms with van der Waals surface area (Å²) in [6.07, 6.45) is 12.5. The summed E-state index contributed by atoms with van der Waals surface area (Å²) < 4.78 is 33.8. The van der Waals surface area contributed by atoms with E-state index in [1.54, 1.807) is 85.5 Å². The second-order valence-electron chi connectivity index (χ2n) is 29.8. The number of hydrogen-bond donors (Lipinski definition) is 5. The molecule has 5 radical (unpaired) electrons. The Kier molecular flexibility index (Phi) is 49.5. The molecular formula is C118H91F2N10O9Rh5-5. The number of carbonyl (C=O) groups excluding carboxylic acids is 2. The Morgan fingerprint density at radius 2 is 0.799 bits per heavy atom. The van der Waals surface area contributed by atoms with Crippen molar-refractivity contribution in [1.29, 1.82) is 0 Å². The Labute approximate surface area is 898 Å². The Morgan fingerprint density at radius 3 is 1.28 bits per heavy atom. The summed E-state index contributed by atoms with van der Waals surface area (Å²) in [5.41, 5.74) is 16.3. The first kappa shape index (κ1) is 115. The van der Waals surface area contributed by atoms with E-state index in [-0.39, 0.29) is 143 Å². The first-order chi connectivity index (χ1) is 67.8. The number of aromatic nitrogens is 10. The predicted molar refractivity (Wildman–Crippen MR) is 543 cm³/mol. The van der Waals surface area contributed by atoms with Crippen LogP contribution in [0.15, 0.2) is 466 Å². The summed E-state index contributed by atoms with van der Waals surface area (Å²) in [6, 6.07) is 140. The molecule has 0 aliphatic heterocycles. The number of aliphatic hydroxyl groups excluding tert-OH is 2. The number of phenols is 2. The van der Waals surface area contributed by atoms with Gasteiger partial charge in [-0.25, -0.2) is 24.7 Å². The molecule has 731 valence electrons. The van der Waals surface area contributed by atoms with Gasteiger partial charge in [0.1, 0.15) is 28.4 Å². The number of aromatic hydroxyl groups is 2. The number of oxazole rings is 1. The minimum absolute atomic E-state index is 0. The van der Waals surface area contributed by atoms with Gasteiger partial charge in [-0.2, -0.15) is 0 Å². The van der Waals surface area contributed by atoms with Crippen molar-refractivity contribution < 1.29 is 151 Å². The third-order valence-electron chi connectivity index (χ3n) is 19.4. The molecule has 0 fully saturated rings. The van der Waals surface area contributed by atoms with Crippen LogP contribution in [-0.2, 0) is 107 Å². The van der Waals surface area contributed by atoms with Crippen LogP contribution in [0.3, 0.4) is 0 Å². The average Bonchev–Trinajstić information content (AvgIpc) is 1.62. The molecule has 0 unspecified atom stereocenters. The Hall–Kier alpha value is -15.6. The van der Waals surface area contributed by atoms with E-state index in [1.807, 2.05) is 308 Å². The molecule has 0 amide bonds. The largest absolute Gasteiger partial charge is 0.512 e. The van der Waals surface area contributed by atoms with Crippen LogP contribution in [-0.4, -0.2) is 92.5 Å². The van der Waals surface area contributed by atoms with Crippen LogP contribution in [0.2, 0.25) is 0 Å². The number of hydrogen-bond acceptors (Lipinski definition) is 17. The van der Waals surface area contributed by atoms with Gasteiger partial charge in [0, 0.05) is 175 Å². The monoisotopic (exact) mass is 2340 g/mol. The molecule has 21 rings (SSSR count). The van der Waals surface area contributed by atoms with Crippen LogP contribution in [0.5, 0.6) is 11.5 Å². The summed E-state index contributed by atoms with van der Waals surface area (Å²) >= 11 is 0. The number of ketones is 2. The fraction of sp³-hybridized carbons (Fsp3) is 0.0339. The standard InChI is InChI=1S/C21H15NO2.C18H13N3O.2C15H10N.C11H6F2N.2C11H8N.C6H5NO2.2C5H8O2.5Rh/c23-18-14-8-7-13-17(18)21-22-19(15-9-3-1-4-10-15)20(24-21)16-11-5-2-6-12-16;22-16-11-5-4-9-14(16)17-20-15-10-6-12-19-18(15)21(17)13-7-2-1-3-8-13;1-2-7-13(8-3-1)15-14-9-5-4-6-12(14)10-11-16-15;1-2-6-12(7-3-1)15-11-10-13-8-4-5-9-14(13)16-15;12-8-4-5-9(10(13)7-8)11-3-1-2-6-14-11;2*1-2-6-10(7-3-1)11-8-4-5-9-12-11;8-6(9)5-3-1-2-4-7-5;2*1-4(6)3-5(2)7;;;;;/h1-14,23H;1-12,22H;1-7,9-11H;1-6,8-11H;1-4,6-7H;2*1-6,8-9H;1-4H,(H,8,9);2*3,6H,1-2H3;;;;;/q;;5*-1;;;;;;;;. The van der Waals surface area contributed by atoms with Gasteiger partial charge in [0.25, 0.3) is 0 Å². The van der Waals surface area contributed by atoms with E-state index in [9.17, 15) is 33.4 Å². The van der Waals surface area contributed by atoms with Crippen molar-refractivity contribution in [1.82, 2.24) is 49.4 Å². The van der Waals surface area contributed by atoms with E-state index < -0.39 is 17.6 Å². The van der Waals surface area contributed by atoms with Crippen molar-refractivity contribution in [2.75, 3.05) is 0 Å². The number of carbonyl (C=O) groups is 3. The molecule has 9 aromatic heterocycles. The topological polar surface area (TPSA) is 286 Å². The molecule has 0 saturated carbocycles. The summed E-state index contributed by atoms with van der Waals surface area (Å²) in [4.78, 5) is 69.0. The van der Waals surface area contributed by atoms with Gasteiger partial charge in [-0.05, 0) is 163 Å². The molecule has 21 aromatic rings. The zero-order chi connectivity index (χ0) is 97.7. The van der Waals surface area contributed by atoms with Gasteiger partial charge in [-0.3, -0.25) is 27.9 Å². The Morgan fingerprint density at radius 1 is 0.354 bits per heavy atom. The van der Waals surface area contributed by atoms with E-state index in [1.165, 1.54) is 68.3 Å². The number of nitrogens with zero attached hydrogens (tertiary/aromatic N) is 10. The van der Waals surface area contributed by atoms with Crippen LogP contribution >= 0.6 is 0 Å². The summed E-state index contributed by atoms with van der Waals surface area (Å²) in [5.74, 6) is -0.265. The fourth-order valence-corrected chi connectivity index (χ4v) is 13.3. The van der Waals surface area contributed by atoms with Crippen LogP contribution in [0.4, 0.5) is 8.78 Å². The molecule has 0 spiro atoms. The van der Waals surface area contributed by atoms with Crippen molar-refractivity contribution in [3.63, 3.8) is 0 Å². The zero-order valence-corrected chi connectivity index (χ0v) is 85.7. The molecule has 26 heteroatoms. The number of carboxylic acids is 1. The molecule has 0 aliphatic carbocycles. The summed E-state index contributed by atoms with van der Waals surface area (Å²) in [5, 5.41) is 48.9. The maximum Gasteiger partial charge on any atom is 0.354 e.